The normalized spacial score (nSPS) is 11.4. The Morgan fingerprint density at radius 1 is 1.04 bits per heavy atom. The fraction of sp³-hybridized carbons (Fsp3) is 0.0556. The number of sulfonamides is 1. The summed E-state index contributed by atoms with van der Waals surface area (Å²) in [5.74, 6) is 0.314. The highest BCUT2D eigenvalue weighted by Gasteiger charge is 2.16. The van der Waals surface area contributed by atoms with E-state index >= 15 is 0 Å². The number of aryl methyl sites for hydroxylation is 1. The molecule has 2 aromatic carbocycles. The van der Waals surface area contributed by atoms with Gasteiger partial charge in [-0.25, -0.2) is 18.1 Å². The standard InChI is InChI=1S/C18H18N6O2S/c1-13-11-17(23-20-12-14-5-3-2-4-6-14)22-18(21-13)24-27(25,26)16-9-7-15(19)8-10-16/h2-12H,19H2,1H3,(H2,21,22,23,24). The molecule has 0 amide bonds. The Bertz CT molecular complexity index is 1050. The summed E-state index contributed by atoms with van der Waals surface area (Å²) < 4.78 is 27.3. The number of nitrogens with zero attached hydrogens (tertiary/aromatic N) is 3. The van der Waals surface area contributed by atoms with E-state index in [0.717, 1.165) is 5.56 Å². The van der Waals surface area contributed by atoms with Crippen LogP contribution in [0.5, 0.6) is 0 Å². The number of nitrogens with two attached hydrogens (primary N) is 1. The number of rotatable bonds is 6. The molecule has 0 aliphatic heterocycles. The van der Waals surface area contributed by atoms with Gasteiger partial charge in [0.25, 0.3) is 10.0 Å². The second-order valence-electron chi connectivity index (χ2n) is 5.67. The molecule has 0 saturated heterocycles. The van der Waals surface area contributed by atoms with E-state index in [1.165, 1.54) is 24.3 Å². The summed E-state index contributed by atoms with van der Waals surface area (Å²) >= 11 is 0. The molecular weight excluding hydrogens is 364 g/mol. The van der Waals surface area contributed by atoms with E-state index < -0.39 is 10.0 Å². The number of hydrogen-bond acceptors (Lipinski definition) is 7. The first-order valence-electron chi connectivity index (χ1n) is 8.00. The molecule has 9 heteroatoms. The van der Waals surface area contributed by atoms with Crippen molar-refractivity contribution in [3.8, 4) is 0 Å². The average Bonchev–Trinajstić information content (AvgIpc) is 2.62. The number of hydrogen-bond donors (Lipinski definition) is 3. The van der Waals surface area contributed by atoms with Gasteiger partial charge in [0.05, 0.1) is 11.1 Å². The van der Waals surface area contributed by atoms with Gasteiger partial charge in [-0.15, -0.1) is 0 Å². The van der Waals surface area contributed by atoms with Crippen molar-refractivity contribution in [1.82, 2.24) is 9.97 Å². The molecule has 0 bridgehead atoms. The lowest BCUT2D eigenvalue weighted by molar-refractivity contribution is 0.601. The second-order valence-corrected chi connectivity index (χ2v) is 7.36. The number of aromatic nitrogens is 2. The highest BCUT2D eigenvalue weighted by atomic mass is 32.2. The summed E-state index contributed by atoms with van der Waals surface area (Å²) in [6.07, 6.45) is 1.63. The van der Waals surface area contributed by atoms with E-state index in [-0.39, 0.29) is 10.8 Å². The van der Waals surface area contributed by atoms with Gasteiger partial charge in [-0.1, -0.05) is 30.3 Å². The summed E-state index contributed by atoms with van der Waals surface area (Å²) in [7, 11) is -3.82. The van der Waals surface area contributed by atoms with Crippen LogP contribution in [0.15, 0.2) is 70.7 Å². The predicted molar refractivity (Wildman–Crippen MR) is 106 cm³/mol. The van der Waals surface area contributed by atoms with Gasteiger partial charge in [0, 0.05) is 17.4 Å². The van der Waals surface area contributed by atoms with Gasteiger partial charge in [0.2, 0.25) is 5.95 Å². The van der Waals surface area contributed by atoms with Crippen LogP contribution in [0.2, 0.25) is 0 Å². The third kappa shape index (κ3) is 5.02. The van der Waals surface area contributed by atoms with Crippen molar-refractivity contribution in [1.29, 1.82) is 0 Å². The van der Waals surface area contributed by atoms with Crippen LogP contribution >= 0.6 is 0 Å². The molecule has 4 N–H and O–H groups in total. The zero-order valence-corrected chi connectivity index (χ0v) is 15.3. The first-order chi connectivity index (χ1) is 12.9. The SMILES string of the molecule is Cc1cc(NN=Cc2ccccc2)nc(NS(=O)(=O)c2ccc(N)cc2)n1. The maximum absolute atomic E-state index is 12.5. The first kappa shape index (κ1) is 18.3. The Morgan fingerprint density at radius 3 is 2.44 bits per heavy atom. The Morgan fingerprint density at radius 2 is 1.74 bits per heavy atom. The third-order valence-corrected chi connectivity index (χ3v) is 4.81. The van der Waals surface area contributed by atoms with E-state index in [1.807, 2.05) is 30.3 Å². The summed E-state index contributed by atoms with van der Waals surface area (Å²) in [5, 5.41) is 4.10. The zero-order valence-electron chi connectivity index (χ0n) is 14.5. The lowest BCUT2D eigenvalue weighted by Crippen LogP contribution is -2.16. The molecule has 0 fully saturated rings. The van der Waals surface area contributed by atoms with Crippen LogP contribution in [0.4, 0.5) is 17.5 Å². The minimum absolute atomic E-state index is 0.0516. The van der Waals surface area contributed by atoms with Crippen LogP contribution < -0.4 is 15.9 Å². The van der Waals surface area contributed by atoms with Crippen molar-refractivity contribution in [2.24, 2.45) is 5.10 Å². The summed E-state index contributed by atoms with van der Waals surface area (Å²) in [4.78, 5) is 8.32. The molecule has 0 saturated carbocycles. The molecule has 0 spiro atoms. The fourth-order valence-corrected chi connectivity index (χ4v) is 3.15. The van der Waals surface area contributed by atoms with Crippen LogP contribution in [0.1, 0.15) is 11.3 Å². The number of benzene rings is 2. The predicted octanol–water partition coefficient (Wildman–Crippen LogP) is 2.61. The maximum atomic E-state index is 12.5. The van der Waals surface area contributed by atoms with Crippen molar-refractivity contribution in [2.45, 2.75) is 11.8 Å². The van der Waals surface area contributed by atoms with Gasteiger partial charge >= 0.3 is 0 Å². The number of anilines is 3. The summed E-state index contributed by atoms with van der Waals surface area (Å²) in [5.41, 5.74) is 10.3. The Labute approximate surface area is 157 Å². The molecule has 0 aliphatic carbocycles. The summed E-state index contributed by atoms with van der Waals surface area (Å²) in [6, 6.07) is 17.0. The monoisotopic (exact) mass is 382 g/mol. The van der Waals surface area contributed by atoms with E-state index in [1.54, 1.807) is 19.2 Å². The topological polar surface area (TPSA) is 122 Å². The largest absolute Gasteiger partial charge is 0.399 e. The minimum atomic E-state index is -3.82. The van der Waals surface area contributed by atoms with Crippen LogP contribution in [0.25, 0.3) is 0 Å². The van der Waals surface area contributed by atoms with Crippen molar-refractivity contribution in [3.63, 3.8) is 0 Å². The van der Waals surface area contributed by atoms with Crippen LogP contribution in [-0.2, 0) is 10.0 Å². The van der Waals surface area contributed by atoms with Crippen LogP contribution in [0.3, 0.4) is 0 Å². The van der Waals surface area contributed by atoms with Gasteiger partial charge in [-0.2, -0.15) is 10.1 Å². The van der Waals surface area contributed by atoms with Crippen molar-refractivity contribution in [3.05, 3.63) is 71.9 Å². The fourth-order valence-electron chi connectivity index (χ4n) is 2.21. The molecule has 0 unspecified atom stereocenters. The van der Waals surface area contributed by atoms with Gasteiger partial charge in [0.15, 0.2) is 5.82 Å². The second kappa shape index (κ2) is 7.83. The van der Waals surface area contributed by atoms with E-state index in [4.69, 9.17) is 5.73 Å². The summed E-state index contributed by atoms with van der Waals surface area (Å²) in [6.45, 7) is 1.73. The molecule has 0 aliphatic rings. The lowest BCUT2D eigenvalue weighted by Gasteiger charge is -2.09. The highest BCUT2D eigenvalue weighted by Crippen LogP contribution is 2.16. The van der Waals surface area contributed by atoms with Gasteiger partial charge < -0.3 is 5.73 Å². The average molecular weight is 382 g/mol. The molecule has 0 radical (unpaired) electrons. The first-order valence-corrected chi connectivity index (χ1v) is 9.49. The number of nitrogens with one attached hydrogen (secondary N) is 2. The molecule has 3 aromatic rings. The molecule has 1 aromatic heterocycles. The molecule has 27 heavy (non-hydrogen) atoms. The van der Waals surface area contributed by atoms with Gasteiger partial charge in [0.1, 0.15) is 0 Å². The molecule has 3 rings (SSSR count). The molecular formula is C18H18N6O2S. The number of hydrazone groups is 1. The van der Waals surface area contributed by atoms with Gasteiger partial charge in [-0.05, 0) is 36.8 Å². The molecule has 0 atom stereocenters. The minimum Gasteiger partial charge on any atom is -0.399 e. The van der Waals surface area contributed by atoms with E-state index in [9.17, 15) is 8.42 Å². The molecule has 8 nitrogen and oxygen atoms in total. The molecule has 138 valence electrons. The van der Waals surface area contributed by atoms with Crippen molar-refractivity contribution < 1.29 is 8.42 Å². The quantitative estimate of drug-likeness (QED) is 0.342. The van der Waals surface area contributed by atoms with E-state index in [2.05, 4.69) is 25.2 Å². The molecule has 1 heterocycles. The van der Waals surface area contributed by atoms with Crippen LogP contribution in [0, 0.1) is 6.92 Å². The van der Waals surface area contributed by atoms with Crippen molar-refractivity contribution in [2.75, 3.05) is 15.9 Å². The number of nitrogen functional groups attached to an aromatic ring is 1. The van der Waals surface area contributed by atoms with Gasteiger partial charge in [-0.3, -0.25) is 5.43 Å². The van der Waals surface area contributed by atoms with E-state index in [0.29, 0.717) is 17.2 Å². The van der Waals surface area contributed by atoms with Crippen LogP contribution in [-0.4, -0.2) is 24.6 Å². The highest BCUT2D eigenvalue weighted by molar-refractivity contribution is 7.92. The third-order valence-electron chi connectivity index (χ3n) is 3.46. The zero-order chi connectivity index (χ0) is 19.3. The smallest absolute Gasteiger partial charge is 0.264 e. The maximum Gasteiger partial charge on any atom is 0.264 e. The van der Waals surface area contributed by atoms with Crippen molar-refractivity contribution >= 4 is 33.7 Å². The Kier molecular flexibility index (Phi) is 5.32. The lowest BCUT2D eigenvalue weighted by atomic mass is 10.2. The Balaban J connectivity index is 1.77. The Hall–Kier alpha value is -3.46.